The fraction of sp³-hybridized carbons (Fsp3) is 0.444. The molecular weight excluding hydrogens is 216 g/mol. The Kier molecular flexibility index (Phi) is 2.44. The van der Waals surface area contributed by atoms with E-state index < -0.39 is 4.92 Å². The van der Waals surface area contributed by atoms with Gasteiger partial charge < -0.3 is 5.32 Å². The average Bonchev–Trinajstić information content (AvgIpc) is 2.86. The monoisotopic (exact) mass is 226 g/mol. The van der Waals surface area contributed by atoms with E-state index in [1.807, 2.05) is 0 Å². The van der Waals surface area contributed by atoms with Crippen molar-refractivity contribution in [2.45, 2.75) is 25.8 Å². The van der Waals surface area contributed by atoms with Gasteiger partial charge in [-0.25, -0.2) is 0 Å². The number of hydrogen-bond acceptors (Lipinski definition) is 4. The van der Waals surface area contributed by atoms with Gasteiger partial charge >= 0.3 is 0 Å². The number of carbonyl (C=O) groups excluding carboxylic acids is 1. The van der Waals surface area contributed by atoms with Crippen molar-refractivity contribution in [1.29, 1.82) is 0 Å². The minimum Gasteiger partial charge on any atom is -0.349 e. The number of nitro groups is 1. The van der Waals surface area contributed by atoms with E-state index in [0.717, 1.165) is 12.8 Å². The molecule has 0 aromatic carbocycles. The van der Waals surface area contributed by atoms with Crippen LogP contribution in [0, 0.1) is 17.0 Å². The van der Waals surface area contributed by atoms with Crippen LogP contribution in [0.25, 0.3) is 0 Å². The molecule has 1 N–H and O–H groups in total. The van der Waals surface area contributed by atoms with Crippen LogP contribution in [0.1, 0.15) is 27.4 Å². The summed E-state index contributed by atoms with van der Waals surface area (Å²) < 4.78 is 0. The zero-order valence-electron chi connectivity index (χ0n) is 8.15. The zero-order valence-corrected chi connectivity index (χ0v) is 8.97. The first kappa shape index (κ1) is 10.1. The maximum absolute atomic E-state index is 11.6. The van der Waals surface area contributed by atoms with Crippen molar-refractivity contribution in [1.82, 2.24) is 5.32 Å². The Bertz CT molecular complexity index is 423. The van der Waals surface area contributed by atoms with Gasteiger partial charge in [0, 0.05) is 12.1 Å². The second kappa shape index (κ2) is 3.62. The number of rotatable bonds is 3. The minimum absolute atomic E-state index is 0.0287. The molecular formula is C9H10N2O3S. The van der Waals surface area contributed by atoms with Crippen LogP contribution in [0.5, 0.6) is 0 Å². The van der Waals surface area contributed by atoms with E-state index in [2.05, 4.69) is 5.32 Å². The van der Waals surface area contributed by atoms with Crippen LogP contribution in [-0.4, -0.2) is 16.9 Å². The van der Waals surface area contributed by atoms with Crippen molar-refractivity contribution < 1.29 is 9.72 Å². The Balaban J connectivity index is 2.17. The molecule has 2 rings (SSSR count). The van der Waals surface area contributed by atoms with E-state index in [-0.39, 0.29) is 17.6 Å². The van der Waals surface area contributed by atoms with Crippen molar-refractivity contribution in [3.05, 3.63) is 25.9 Å². The van der Waals surface area contributed by atoms with E-state index in [0.29, 0.717) is 9.75 Å². The average molecular weight is 226 g/mol. The van der Waals surface area contributed by atoms with E-state index in [9.17, 15) is 14.9 Å². The fourth-order valence-electron chi connectivity index (χ4n) is 1.25. The summed E-state index contributed by atoms with van der Waals surface area (Å²) >= 11 is 1.17. The maximum Gasteiger partial charge on any atom is 0.283 e. The number of carbonyl (C=O) groups is 1. The van der Waals surface area contributed by atoms with Crippen LogP contribution in [-0.2, 0) is 0 Å². The number of aryl methyl sites for hydroxylation is 1. The quantitative estimate of drug-likeness (QED) is 0.631. The third-order valence-electron chi connectivity index (χ3n) is 2.22. The zero-order chi connectivity index (χ0) is 11.0. The molecule has 0 unspecified atom stereocenters. The number of amides is 1. The van der Waals surface area contributed by atoms with Gasteiger partial charge in [0.15, 0.2) is 0 Å². The summed E-state index contributed by atoms with van der Waals surface area (Å²) in [5, 5.41) is 13.4. The van der Waals surface area contributed by atoms with E-state index >= 15 is 0 Å². The summed E-state index contributed by atoms with van der Waals surface area (Å²) in [6.45, 7) is 1.65. The highest BCUT2D eigenvalue weighted by Crippen LogP contribution is 2.28. The number of hydrogen-bond donors (Lipinski definition) is 1. The number of nitrogens with zero attached hydrogens (tertiary/aromatic N) is 1. The van der Waals surface area contributed by atoms with Crippen LogP contribution in [0.3, 0.4) is 0 Å². The Labute approximate surface area is 90.3 Å². The van der Waals surface area contributed by atoms with Crippen molar-refractivity contribution in [3.8, 4) is 0 Å². The van der Waals surface area contributed by atoms with Gasteiger partial charge in [-0.1, -0.05) is 0 Å². The third-order valence-corrected chi connectivity index (χ3v) is 3.26. The Morgan fingerprint density at radius 1 is 1.67 bits per heavy atom. The summed E-state index contributed by atoms with van der Waals surface area (Å²) in [6, 6.07) is 1.62. The van der Waals surface area contributed by atoms with Crippen LogP contribution >= 0.6 is 11.3 Å². The first-order valence-electron chi connectivity index (χ1n) is 4.63. The molecule has 1 amide bonds. The molecule has 1 aliphatic carbocycles. The van der Waals surface area contributed by atoms with E-state index in [1.54, 1.807) is 6.92 Å². The molecule has 1 aliphatic rings. The van der Waals surface area contributed by atoms with Crippen LogP contribution in [0.4, 0.5) is 5.69 Å². The van der Waals surface area contributed by atoms with Crippen LogP contribution in [0.15, 0.2) is 6.07 Å². The largest absolute Gasteiger partial charge is 0.349 e. The van der Waals surface area contributed by atoms with Crippen LogP contribution < -0.4 is 5.32 Å². The molecule has 1 fully saturated rings. The standard InChI is InChI=1S/C9H10N2O3S/c1-5-7(11(13)14)4-8(15-5)9(12)10-6-2-3-6/h4,6H,2-3H2,1H3,(H,10,12). The molecule has 0 aliphatic heterocycles. The normalized spacial score (nSPS) is 15.0. The highest BCUT2D eigenvalue weighted by atomic mass is 32.1. The maximum atomic E-state index is 11.6. The summed E-state index contributed by atoms with van der Waals surface area (Å²) in [4.78, 5) is 22.7. The van der Waals surface area contributed by atoms with Crippen molar-refractivity contribution in [2.24, 2.45) is 0 Å². The topological polar surface area (TPSA) is 72.2 Å². The molecule has 1 aromatic heterocycles. The van der Waals surface area contributed by atoms with E-state index in [4.69, 9.17) is 0 Å². The van der Waals surface area contributed by atoms with Gasteiger partial charge in [0.1, 0.15) is 0 Å². The Morgan fingerprint density at radius 2 is 2.33 bits per heavy atom. The lowest BCUT2D eigenvalue weighted by Gasteiger charge is -1.97. The van der Waals surface area contributed by atoms with Gasteiger partial charge in [-0.2, -0.15) is 0 Å². The molecule has 0 spiro atoms. The molecule has 15 heavy (non-hydrogen) atoms. The van der Waals surface area contributed by atoms with Gasteiger partial charge in [0.2, 0.25) is 0 Å². The molecule has 0 saturated heterocycles. The lowest BCUT2D eigenvalue weighted by atomic mass is 10.3. The second-order valence-electron chi connectivity index (χ2n) is 3.56. The SMILES string of the molecule is Cc1sc(C(=O)NC2CC2)cc1[N+](=O)[O-]. The second-order valence-corrected chi connectivity index (χ2v) is 4.81. The predicted octanol–water partition coefficient (Wildman–Crippen LogP) is 1.86. The lowest BCUT2D eigenvalue weighted by Crippen LogP contribution is -2.24. The third kappa shape index (κ3) is 2.15. The van der Waals surface area contributed by atoms with Gasteiger partial charge in [-0.05, 0) is 19.8 Å². The van der Waals surface area contributed by atoms with Gasteiger partial charge in [-0.3, -0.25) is 14.9 Å². The first-order valence-corrected chi connectivity index (χ1v) is 5.45. The number of thiophene rings is 1. The predicted molar refractivity (Wildman–Crippen MR) is 56.2 cm³/mol. The molecule has 80 valence electrons. The fourth-order valence-corrected chi connectivity index (χ4v) is 2.14. The van der Waals surface area contributed by atoms with Gasteiger partial charge in [0.25, 0.3) is 11.6 Å². The minimum atomic E-state index is -0.459. The van der Waals surface area contributed by atoms with Crippen molar-refractivity contribution in [2.75, 3.05) is 0 Å². The molecule has 1 aromatic rings. The molecule has 0 bridgehead atoms. The van der Waals surface area contributed by atoms with Gasteiger partial charge in [0.05, 0.1) is 14.7 Å². The van der Waals surface area contributed by atoms with E-state index in [1.165, 1.54) is 17.4 Å². The molecule has 0 atom stereocenters. The summed E-state index contributed by atoms with van der Waals surface area (Å²) in [5.74, 6) is -0.196. The van der Waals surface area contributed by atoms with Crippen molar-refractivity contribution >= 4 is 22.9 Å². The molecule has 1 heterocycles. The van der Waals surface area contributed by atoms with Crippen LogP contribution in [0.2, 0.25) is 0 Å². The summed E-state index contributed by atoms with van der Waals surface area (Å²) in [7, 11) is 0. The molecule has 6 heteroatoms. The van der Waals surface area contributed by atoms with Gasteiger partial charge in [-0.15, -0.1) is 11.3 Å². The Hall–Kier alpha value is -1.43. The molecule has 5 nitrogen and oxygen atoms in total. The number of nitrogens with one attached hydrogen (secondary N) is 1. The summed E-state index contributed by atoms with van der Waals surface area (Å²) in [5.41, 5.74) is 0.0287. The van der Waals surface area contributed by atoms with Crippen molar-refractivity contribution in [3.63, 3.8) is 0 Å². The highest BCUT2D eigenvalue weighted by molar-refractivity contribution is 7.14. The molecule has 1 saturated carbocycles. The smallest absolute Gasteiger partial charge is 0.283 e. The first-order chi connectivity index (χ1) is 7.08. The Morgan fingerprint density at radius 3 is 2.80 bits per heavy atom. The highest BCUT2D eigenvalue weighted by Gasteiger charge is 2.26. The molecule has 0 radical (unpaired) electrons. The summed E-state index contributed by atoms with van der Waals surface area (Å²) in [6.07, 6.45) is 2.02. The lowest BCUT2D eigenvalue weighted by molar-refractivity contribution is -0.385.